The molecule has 98 valence electrons. The van der Waals surface area contributed by atoms with Gasteiger partial charge in [-0.3, -0.25) is 0 Å². The molecule has 8 nitrogen and oxygen atoms in total. The van der Waals surface area contributed by atoms with Crippen molar-refractivity contribution in [3.8, 4) is 5.75 Å². The van der Waals surface area contributed by atoms with Gasteiger partial charge in [0.05, 0.1) is 0 Å². The first-order chi connectivity index (χ1) is 9.20. The van der Waals surface area contributed by atoms with Crippen molar-refractivity contribution >= 4 is 11.6 Å². The van der Waals surface area contributed by atoms with Crippen LogP contribution in [0.1, 0.15) is 5.56 Å². The summed E-state index contributed by atoms with van der Waals surface area (Å²) < 4.78 is 5.38. The fourth-order valence-electron chi connectivity index (χ4n) is 1.44. The number of nitro groups is 1. The molecule has 0 aromatic carbocycles. The Morgan fingerprint density at radius 2 is 2.21 bits per heavy atom. The maximum Gasteiger partial charge on any atom is 0.406 e. The summed E-state index contributed by atoms with van der Waals surface area (Å²) in [5.41, 5.74) is 3.19. The SMILES string of the molecule is NNc1cc(COc2cccnc2[N+](=O)[O-])ccn1. The Labute approximate surface area is 108 Å². The van der Waals surface area contributed by atoms with Crippen LogP contribution in [0.15, 0.2) is 36.7 Å². The lowest BCUT2D eigenvalue weighted by atomic mass is 10.3. The summed E-state index contributed by atoms with van der Waals surface area (Å²) in [6.07, 6.45) is 2.90. The highest BCUT2D eigenvalue weighted by Crippen LogP contribution is 2.24. The minimum Gasteiger partial charge on any atom is -0.481 e. The van der Waals surface area contributed by atoms with Gasteiger partial charge in [-0.2, -0.15) is 0 Å². The Hall–Kier alpha value is -2.74. The Kier molecular flexibility index (Phi) is 3.84. The predicted molar refractivity (Wildman–Crippen MR) is 67.3 cm³/mol. The lowest BCUT2D eigenvalue weighted by Crippen LogP contribution is -2.09. The number of nitrogens with one attached hydrogen (secondary N) is 1. The third kappa shape index (κ3) is 3.13. The number of nitrogens with zero attached hydrogens (tertiary/aromatic N) is 3. The molecule has 0 aliphatic rings. The van der Waals surface area contributed by atoms with Crippen LogP contribution < -0.4 is 16.0 Å². The Bertz CT molecular complexity index is 590. The van der Waals surface area contributed by atoms with E-state index < -0.39 is 4.92 Å². The lowest BCUT2D eigenvalue weighted by Gasteiger charge is -2.07. The van der Waals surface area contributed by atoms with E-state index in [1.807, 2.05) is 0 Å². The van der Waals surface area contributed by atoms with Crippen molar-refractivity contribution in [1.29, 1.82) is 0 Å². The number of anilines is 1. The van der Waals surface area contributed by atoms with Crippen LogP contribution >= 0.6 is 0 Å². The zero-order valence-electron chi connectivity index (χ0n) is 9.81. The molecule has 0 amide bonds. The van der Waals surface area contributed by atoms with E-state index in [9.17, 15) is 10.1 Å². The van der Waals surface area contributed by atoms with Crippen molar-refractivity contribution in [3.63, 3.8) is 0 Å². The Morgan fingerprint density at radius 3 is 2.95 bits per heavy atom. The molecule has 0 aliphatic heterocycles. The highest BCUT2D eigenvalue weighted by molar-refractivity contribution is 5.39. The van der Waals surface area contributed by atoms with Gasteiger partial charge in [-0.25, -0.2) is 10.8 Å². The van der Waals surface area contributed by atoms with Crippen LogP contribution in [0.2, 0.25) is 0 Å². The Balaban J connectivity index is 2.12. The zero-order valence-corrected chi connectivity index (χ0v) is 9.81. The second-order valence-corrected chi connectivity index (χ2v) is 3.56. The van der Waals surface area contributed by atoms with Crippen molar-refractivity contribution in [2.24, 2.45) is 5.84 Å². The number of hydrogen-bond donors (Lipinski definition) is 2. The highest BCUT2D eigenvalue weighted by atomic mass is 16.6. The van der Waals surface area contributed by atoms with E-state index in [1.165, 1.54) is 12.3 Å². The third-order valence-corrected chi connectivity index (χ3v) is 2.29. The van der Waals surface area contributed by atoms with Gasteiger partial charge in [0.1, 0.15) is 18.6 Å². The zero-order chi connectivity index (χ0) is 13.7. The molecule has 3 N–H and O–H groups in total. The smallest absolute Gasteiger partial charge is 0.406 e. The molecule has 0 radical (unpaired) electrons. The molecule has 0 saturated heterocycles. The van der Waals surface area contributed by atoms with Crippen LogP contribution in [-0.4, -0.2) is 14.9 Å². The number of pyridine rings is 2. The summed E-state index contributed by atoms with van der Waals surface area (Å²) in [5.74, 6) is 5.53. The largest absolute Gasteiger partial charge is 0.481 e. The summed E-state index contributed by atoms with van der Waals surface area (Å²) in [4.78, 5) is 17.8. The quantitative estimate of drug-likeness (QED) is 0.472. The van der Waals surface area contributed by atoms with E-state index in [0.717, 1.165) is 5.56 Å². The number of hydrogen-bond acceptors (Lipinski definition) is 7. The maximum atomic E-state index is 10.8. The molecule has 0 atom stereocenters. The molecule has 2 aromatic heterocycles. The minimum atomic E-state index is -0.589. The van der Waals surface area contributed by atoms with Gasteiger partial charge in [0, 0.05) is 6.20 Å². The molecule has 0 aliphatic carbocycles. The first-order valence-electron chi connectivity index (χ1n) is 5.34. The summed E-state index contributed by atoms with van der Waals surface area (Å²) in [6, 6.07) is 6.47. The summed E-state index contributed by atoms with van der Waals surface area (Å²) >= 11 is 0. The summed E-state index contributed by atoms with van der Waals surface area (Å²) in [7, 11) is 0. The van der Waals surface area contributed by atoms with Crippen molar-refractivity contribution in [2.45, 2.75) is 6.61 Å². The molecule has 0 bridgehead atoms. The van der Waals surface area contributed by atoms with Crippen LogP contribution in [-0.2, 0) is 6.61 Å². The van der Waals surface area contributed by atoms with Gasteiger partial charge >= 0.3 is 5.82 Å². The molecule has 0 saturated carbocycles. The van der Waals surface area contributed by atoms with Crippen molar-refractivity contribution < 1.29 is 9.66 Å². The van der Waals surface area contributed by atoms with Gasteiger partial charge < -0.3 is 20.3 Å². The van der Waals surface area contributed by atoms with Crippen LogP contribution in [0.5, 0.6) is 5.75 Å². The van der Waals surface area contributed by atoms with Crippen molar-refractivity contribution in [2.75, 3.05) is 5.43 Å². The maximum absolute atomic E-state index is 10.8. The van der Waals surface area contributed by atoms with E-state index in [0.29, 0.717) is 5.82 Å². The van der Waals surface area contributed by atoms with Crippen LogP contribution in [0.25, 0.3) is 0 Å². The van der Waals surface area contributed by atoms with E-state index in [-0.39, 0.29) is 18.2 Å². The van der Waals surface area contributed by atoms with Crippen molar-refractivity contribution in [3.05, 3.63) is 52.3 Å². The molecule has 0 fully saturated rings. The topological polar surface area (TPSA) is 116 Å². The lowest BCUT2D eigenvalue weighted by molar-refractivity contribution is -0.390. The van der Waals surface area contributed by atoms with Crippen molar-refractivity contribution in [1.82, 2.24) is 9.97 Å². The second-order valence-electron chi connectivity index (χ2n) is 3.56. The average molecular weight is 261 g/mol. The normalized spacial score (nSPS) is 9.95. The molecule has 2 rings (SSSR count). The second kappa shape index (κ2) is 5.74. The molecule has 2 aromatic rings. The monoisotopic (exact) mass is 261 g/mol. The van der Waals surface area contributed by atoms with Gasteiger partial charge in [-0.05, 0) is 39.7 Å². The first-order valence-corrected chi connectivity index (χ1v) is 5.34. The average Bonchev–Trinajstić information content (AvgIpc) is 2.45. The van der Waals surface area contributed by atoms with Crippen LogP contribution in [0, 0.1) is 10.1 Å². The predicted octanol–water partition coefficient (Wildman–Crippen LogP) is 1.25. The number of nitrogen functional groups attached to an aromatic ring is 1. The van der Waals surface area contributed by atoms with Gasteiger partial charge in [0.15, 0.2) is 0 Å². The number of ether oxygens (including phenoxy) is 1. The van der Waals surface area contributed by atoms with E-state index in [2.05, 4.69) is 15.4 Å². The Morgan fingerprint density at radius 1 is 1.37 bits per heavy atom. The molecule has 19 heavy (non-hydrogen) atoms. The molecule has 2 heterocycles. The molecule has 0 spiro atoms. The summed E-state index contributed by atoms with van der Waals surface area (Å²) in [6.45, 7) is 0.156. The standard InChI is InChI=1S/C11H11N5O3/c12-15-10-6-8(3-5-13-10)7-19-9-2-1-4-14-11(9)16(17)18/h1-6H,7,12H2,(H,13,15). The number of hydrazine groups is 1. The van der Waals surface area contributed by atoms with Crippen LogP contribution in [0.3, 0.4) is 0 Å². The third-order valence-electron chi connectivity index (χ3n) is 2.29. The van der Waals surface area contributed by atoms with E-state index in [1.54, 1.807) is 24.4 Å². The van der Waals surface area contributed by atoms with Gasteiger partial charge in [0.25, 0.3) is 0 Å². The highest BCUT2D eigenvalue weighted by Gasteiger charge is 2.15. The fraction of sp³-hybridized carbons (Fsp3) is 0.0909. The summed E-state index contributed by atoms with van der Waals surface area (Å²) in [5, 5.41) is 10.8. The fourth-order valence-corrected chi connectivity index (χ4v) is 1.44. The molecule has 0 unspecified atom stereocenters. The van der Waals surface area contributed by atoms with Gasteiger partial charge in [-0.1, -0.05) is 0 Å². The molecular weight excluding hydrogens is 250 g/mol. The van der Waals surface area contributed by atoms with E-state index in [4.69, 9.17) is 10.6 Å². The van der Waals surface area contributed by atoms with Crippen LogP contribution in [0.4, 0.5) is 11.6 Å². The van der Waals surface area contributed by atoms with Gasteiger partial charge in [-0.15, -0.1) is 0 Å². The minimum absolute atomic E-state index is 0.117. The van der Waals surface area contributed by atoms with Gasteiger partial charge in [0.2, 0.25) is 5.75 Å². The number of nitrogens with two attached hydrogens (primary N) is 1. The number of rotatable bonds is 5. The molecule has 8 heteroatoms. The van der Waals surface area contributed by atoms with E-state index >= 15 is 0 Å². The molecular formula is C11H11N5O3. The number of aromatic nitrogens is 2. The first kappa shape index (κ1) is 12.7.